The standard InChI is InChI=1S/C18H21N3O5S/c1-21(2)27(24,25)14-8-6-7-13(11-14)20-17(22)12-19-18(23)15-9-4-5-10-16(15)26-3/h4-11H,12H2,1-3H3,(H,19,23)(H,20,22). The number of carbonyl (C=O) groups is 2. The zero-order valence-corrected chi connectivity index (χ0v) is 16.0. The molecule has 0 bridgehead atoms. The summed E-state index contributed by atoms with van der Waals surface area (Å²) in [5.74, 6) is -0.541. The Hall–Kier alpha value is -2.91. The van der Waals surface area contributed by atoms with E-state index in [-0.39, 0.29) is 11.4 Å². The molecule has 0 fully saturated rings. The van der Waals surface area contributed by atoms with E-state index in [1.165, 1.54) is 39.4 Å². The van der Waals surface area contributed by atoms with Gasteiger partial charge in [0.25, 0.3) is 5.91 Å². The summed E-state index contributed by atoms with van der Waals surface area (Å²) in [4.78, 5) is 24.3. The van der Waals surface area contributed by atoms with Crippen molar-refractivity contribution in [1.29, 1.82) is 0 Å². The molecule has 2 aromatic carbocycles. The highest BCUT2D eigenvalue weighted by Crippen LogP contribution is 2.18. The largest absolute Gasteiger partial charge is 0.496 e. The van der Waals surface area contributed by atoms with Crippen molar-refractivity contribution in [2.45, 2.75) is 4.90 Å². The second kappa shape index (κ2) is 8.65. The van der Waals surface area contributed by atoms with Gasteiger partial charge in [0, 0.05) is 19.8 Å². The van der Waals surface area contributed by atoms with Gasteiger partial charge in [-0.1, -0.05) is 18.2 Å². The van der Waals surface area contributed by atoms with E-state index < -0.39 is 21.8 Å². The normalized spacial score (nSPS) is 11.1. The number of hydrogen-bond acceptors (Lipinski definition) is 5. The molecule has 27 heavy (non-hydrogen) atoms. The third kappa shape index (κ3) is 5.05. The van der Waals surface area contributed by atoms with Crippen LogP contribution in [0.4, 0.5) is 5.69 Å². The van der Waals surface area contributed by atoms with Crippen molar-refractivity contribution in [3.8, 4) is 5.75 Å². The van der Waals surface area contributed by atoms with Crippen LogP contribution in [0.15, 0.2) is 53.4 Å². The van der Waals surface area contributed by atoms with E-state index in [1.54, 1.807) is 30.3 Å². The first-order chi connectivity index (χ1) is 12.8. The van der Waals surface area contributed by atoms with E-state index in [0.29, 0.717) is 17.0 Å². The lowest BCUT2D eigenvalue weighted by Gasteiger charge is -2.13. The molecule has 0 heterocycles. The summed E-state index contributed by atoms with van der Waals surface area (Å²) in [6.45, 7) is -0.276. The Labute approximate surface area is 158 Å². The number of carbonyl (C=O) groups excluding carboxylic acids is 2. The SMILES string of the molecule is COc1ccccc1C(=O)NCC(=O)Nc1cccc(S(=O)(=O)N(C)C)c1. The van der Waals surface area contributed by atoms with Crippen LogP contribution in [0.3, 0.4) is 0 Å². The van der Waals surface area contributed by atoms with E-state index >= 15 is 0 Å². The Morgan fingerprint density at radius 3 is 2.44 bits per heavy atom. The van der Waals surface area contributed by atoms with Crippen molar-refractivity contribution in [3.63, 3.8) is 0 Å². The van der Waals surface area contributed by atoms with Crippen LogP contribution >= 0.6 is 0 Å². The molecule has 9 heteroatoms. The Morgan fingerprint density at radius 1 is 1.07 bits per heavy atom. The fourth-order valence-electron chi connectivity index (χ4n) is 2.24. The van der Waals surface area contributed by atoms with E-state index in [4.69, 9.17) is 4.74 Å². The first-order valence-electron chi connectivity index (χ1n) is 7.99. The summed E-state index contributed by atoms with van der Waals surface area (Å²) < 4.78 is 30.5. The number of hydrogen-bond donors (Lipinski definition) is 2. The highest BCUT2D eigenvalue weighted by Gasteiger charge is 2.18. The quantitative estimate of drug-likeness (QED) is 0.741. The van der Waals surface area contributed by atoms with Gasteiger partial charge in [0.2, 0.25) is 15.9 Å². The summed E-state index contributed by atoms with van der Waals surface area (Å²) in [7, 11) is 0.695. The highest BCUT2D eigenvalue weighted by molar-refractivity contribution is 7.89. The van der Waals surface area contributed by atoms with Gasteiger partial charge in [0.1, 0.15) is 5.75 Å². The van der Waals surface area contributed by atoms with E-state index in [9.17, 15) is 18.0 Å². The van der Waals surface area contributed by atoms with Gasteiger partial charge in [-0.05, 0) is 30.3 Å². The van der Waals surface area contributed by atoms with Gasteiger partial charge in [-0.15, -0.1) is 0 Å². The van der Waals surface area contributed by atoms with Crippen LogP contribution in [0.1, 0.15) is 10.4 Å². The minimum Gasteiger partial charge on any atom is -0.496 e. The van der Waals surface area contributed by atoms with Crippen LogP contribution in [-0.4, -0.2) is 52.3 Å². The molecule has 0 aromatic heterocycles. The van der Waals surface area contributed by atoms with Crippen LogP contribution in [0.5, 0.6) is 5.75 Å². The summed E-state index contributed by atoms with van der Waals surface area (Å²) in [6, 6.07) is 12.5. The Kier molecular flexibility index (Phi) is 6.54. The molecular weight excluding hydrogens is 370 g/mol. The predicted molar refractivity (Wildman–Crippen MR) is 101 cm³/mol. The molecule has 2 N–H and O–H groups in total. The van der Waals surface area contributed by atoms with Gasteiger partial charge < -0.3 is 15.4 Å². The molecule has 2 rings (SSSR count). The molecule has 0 saturated carbocycles. The van der Waals surface area contributed by atoms with Gasteiger partial charge >= 0.3 is 0 Å². The maximum Gasteiger partial charge on any atom is 0.255 e. The number of anilines is 1. The summed E-state index contributed by atoms with van der Waals surface area (Å²) in [5.41, 5.74) is 0.626. The van der Waals surface area contributed by atoms with Crippen molar-refractivity contribution in [2.75, 3.05) is 33.1 Å². The smallest absolute Gasteiger partial charge is 0.255 e. The number of sulfonamides is 1. The molecule has 0 aliphatic carbocycles. The van der Waals surface area contributed by atoms with E-state index in [1.807, 2.05) is 0 Å². The fourth-order valence-corrected chi connectivity index (χ4v) is 3.19. The third-order valence-corrected chi connectivity index (χ3v) is 5.47. The van der Waals surface area contributed by atoms with Crippen molar-refractivity contribution in [1.82, 2.24) is 9.62 Å². The first kappa shape index (κ1) is 20.4. The third-order valence-electron chi connectivity index (χ3n) is 3.66. The second-order valence-electron chi connectivity index (χ2n) is 5.75. The van der Waals surface area contributed by atoms with Gasteiger partial charge in [-0.3, -0.25) is 9.59 Å². The number of ether oxygens (including phenoxy) is 1. The molecule has 0 aliphatic heterocycles. The number of rotatable bonds is 7. The molecule has 0 saturated heterocycles. The summed E-state index contributed by atoms with van der Waals surface area (Å²) in [6.07, 6.45) is 0. The van der Waals surface area contributed by atoms with Gasteiger partial charge in [0.15, 0.2) is 0 Å². The fraction of sp³-hybridized carbons (Fsp3) is 0.222. The number of nitrogens with one attached hydrogen (secondary N) is 2. The molecule has 2 amide bonds. The van der Waals surface area contributed by atoms with Crippen LogP contribution in [0.2, 0.25) is 0 Å². The Bertz CT molecular complexity index is 942. The minimum absolute atomic E-state index is 0.0587. The topological polar surface area (TPSA) is 105 Å². The van der Waals surface area contributed by atoms with Crippen LogP contribution in [0, 0.1) is 0 Å². The molecule has 144 valence electrons. The van der Waals surface area contributed by atoms with Crippen molar-refractivity contribution >= 4 is 27.5 Å². The van der Waals surface area contributed by atoms with Gasteiger partial charge in [0.05, 0.1) is 24.1 Å². The van der Waals surface area contributed by atoms with Crippen LogP contribution in [-0.2, 0) is 14.8 Å². The zero-order valence-electron chi connectivity index (χ0n) is 15.2. The lowest BCUT2D eigenvalue weighted by atomic mass is 10.2. The van der Waals surface area contributed by atoms with Crippen molar-refractivity contribution in [3.05, 3.63) is 54.1 Å². The van der Waals surface area contributed by atoms with Crippen LogP contribution < -0.4 is 15.4 Å². The lowest BCUT2D eigenvalue weighted by Crippen LogP contribution is -2.33. The lowest BCUT2D eigenvalue weighted by molar-refractivity contribution is -0.115. The molecule has 0 radical (unpaired) electrons. The number of nitrogens with zero attached hydrogens (tertiary/aromatic N) is 1. The Balaban J connectivity index is 2.01. The second-order valence-corrected chi connectivity index (χ2v) is 7.90. The van der Waals surface area contributed by atoms with Crippen molar-refractivity contribution in [2.24, 2.45) is 0 Å². The zero-order chi connectivity index (χ0) is 20.0. The number of amides is 2. The molecule has 0 aliphatic rings. The van der Waals surface area contributed by atoms with Crippen LogP contribution in [0.25, 0.3) is 0 Å². The predicted octanol–water partition coefficient (Wildman–Crippen LogP) is 1.31. The maximum absolute atomic E-state index is 12.2. The first-order valence-corrected chi connectivity index (χ1v) is 9.43. The number of benzene rings is 2. The summed E-state index contributed by atoms with van der Waals surface area (Å²) >= 11 is 0. The van der Waals surface area contributed by atoms with E-state index in [0.717, 1.165) is 4.31 Å². The monoisotopic (exact) mass is 391 g/mol. The molecule has 0 spiro atoms. The average Bonchev–Trinajstić information content (AvgIpc) is 2.66. The maximum atomic E-state index is 12.2. The molecule has 0 atom stereocenters. The van der Waals surface area contributed by atoms with Gasteiger partial charge in [-0.2, -0.15) is 0 Å². The molecule has 2 aromatic rings. The minimum atomic E-state index is -3.61. The van der Waals surface area contributed by atoms with E-state index in [2.05, 4.69) is 10.6 Å². The molecular formula is C18H21N3O5S. The molecule has 0 unspecified atom stereocenters. The number of methoxy groups -OCH3 is 1. The molecule has 8 nitrogen and oxygen atoms in total. The average molecular weight is 391 g/mol. The van der Waals surface area contributed by atoms with Gasteiger partial charge in [-0.25, -0.2) is 12.7 Å². The Morgan fingerprint density at radius 2 is 1.78 bits per heavy atom. The van der Waals surface area contributed by atoms with Crippen molar-refractivity contribution < 1.29 is 22.7 Å². The summed E-state index contributed by atoms with van der Waals surface area (Å²) in [5, 5.41) is 5.06. The highest BCUT2D eigenvalue weighted by atomic mass is 32.2. The number of para-hydroxylation sites is 1.